The van der Waals surface area contributed by atoms with Crippen LogP contribution in [0.4, 0.5) is 0 Å². The maximum Gasteiger partial charge on any atom is 1.00 e. The molecule has 1 N–H and O–H groups in total. The van der Waals surface area contributed by atoms with E-state index in [0.29, 0.717) is 0 Å². The predicted octanol–water partition coefficient (Wildman–Crippen LogP) is -4.36. The van der Waals surface area contributed by atoms with E-state index in [-0.39, 0.29) is 27.3 Å². The standard InChI is InChI=1S/C2H4O2.BH4.Li/c1-2(3)4;;/h1H3,(H,3,4);1H4;/q;-1;+1. The molecular weight excluding hydrogens is 73.8 g/mol. The maximum atomic E-state index is 9.00. The Labute approximate surface area is 50.7 Å². The second-order valence-electron chi connectivity index (χ2n) is 0.519. The topological polar surface area (TPSA) is 37.3 Å². The summed E-state index contributed by atoms with van der Waals surface area (Å²) in [5.74, 6) is -0.833. The minimum absolute atomic E-state index is 0. The molecule has 0 spiro atoms. The average molecular weight is 81.8 g/mol. The second-order valence-corrected chi connectivity index (χ2v) is 0.519. The Kier molecular flexibility index (Phi) is 24.5. The van der Waals surface area contributed by atoms with E-state index in [4.69, 9.17) is 9.90 Å². The van der Waals surface area contributed by atoms with Crippen LogP contribution >= 0.6 is 0 Å². The molecule has 0 saturated heterocycles. The molecule has 0 saturated carbocycles. The van der Waals surface area contributed by atoms with E-state index in [9.17, 15) is 0 Å². The molecule has 0 aromatic rings. The van der Waals surface area contributed by atoms with Gasteiger partial charge < -0.3 is 5.11 Å². The van der Waals surface area contributed by atoms with Crippen molar-refractivity contribution in [3.63, 3.8) is 0 Å². The van der Waals surface area contributed by atoms with E-state index in [0.717, 1.165) is 6.92 Å². The van der Waals surface area contributed by atoms with Crippen molar-refractivity contribution in [2.75, 3.05) is 0 Å². The summed E-state index contributed by atoms with van der Waals surface area (Å²) in [5.41, 5.74) is 0. The van der Waals surface area contributed by atoms with Crippen molar-refractivity contribution in [2.24, 2.45) is 0 Å². The molecule has 6 heavy (non-hydrogen) atoms. The summed E-state index contributed by atoms with van der Waals surface area (Å²) in [4.78, 5) is 9.00. The van der Waals surface area contributed by atoms with Crippen molar-refractivity contribution in [1.29, 1.82) is 0 Å². The van der Waals surface area contributed by atoms with Crippen LogP contribution in [0, 0.1) is 0 Å². The van der Waals surface area contributed by atoms with Gasteiger partial charge in [0.2, 0.25) is 0 Å². The zero-order chi connectivity index (χ0) is 3.58. The molecule has 32 valence electrons. The fourth-order valence-corrected chi connectivity index (χ4v) is 0. The van der Waals surface area contributed by atoms with E-state index >= 15 is 0 Å². The summed E-state index contributed by atoms with van der Waals surface area (Å²) in [6.07, 6.45) is 0. The van der Waals surface area contributed by atoms with Gasteiger partial charge in [-0.25, -0.2) is 0 Å². The second kappa shape index (κ2) is 8.93. The summed E-state index contributed by atoms with van der Waals surface area (Å²) in [6, 6.07) is 0. The number of aliphatic carboxylic acids is 1. The number of carboxylic acids is 1. The summed E-state index contributed by atoms with van der Waals surface area (Å²) in [5, 5.41) is 7.42. The van der Waals surface area contributed by atoms with Crippen LogP contribution in [0.2, 0.25) is 0 Å². The fourth-order valence-electron chi connectivity index (χ4n) is 0. The predicted molar refractivity (Wildman–Crippen MR) is 24.6 cm³/mol. The van der Waals surface area contributed by atoms with Gasteiger partial charge >= 0.3 is 18.9 Å². The van der Waals surface area contributed by atoms with Crippen molar-refractivity contribution in [3.05, 3.63) is 0 Å². The van der Waals surface area contributed by atoms with Crippen molar-refractivity contribution < 1.29 is 28.8 Å². The Morgan fingerprint density at radius 3 is 1.67 bits per heavy atom. The van der Waals surface area contributed by atoms with Crippen molar-refractivity contribution in [2.45, 2.75) is 6.92 Å². The summed E-state index contributed by atoms with van der Waals surface area (Å²) in [6.45, 7) is 1.08. The van der Waals surface area contributed by atoms with E-state index < -0.39 is 5.97 Å². The third-order valence-corrected chi connectivity index (χ3v) is 0. The zero-order valence-corrected chi connectivity index (χ0v) is 3.36. The molecule has 0 radical (unpaired) electrons. The first-order valence-corrected chi connectivity index (χ1v) is 0.928. The fraction of sp³-hybridized carbons (Fsp3) is 0.500. The van der Waals surface area contributed by atoms with Crippen LogP contribution in [0.3, 0.4) is 0 Å². The quantitative estimate of drug-likeness (QED) is 0.300. The number of carboxylic acid groups (broad SMARTS) is 1. The molecule has 0 atom stereocenters. The molecule has 0 bridgehead atoms. The number of carbonyl (C=O) groups is 1. The Morgan fingerprint density at radius 2 is 1.67 bits per heavy atom. The maximum absolute atomic E-state index is 9.00. The van der Waals surface area contributed by atoms with Gasteiger partial charge in [-0.1, -0.05) is 8.41 Å². The Bertz CT molecular complexity index is 34.5. The van der Waals surface area contributed by atoms with Gasteiger partial charge in [-0.2, -0.15) is 0 Å². The van der Waals surface area contributed by atoms with Gasteiger partial charge in [-0.3, -0.25) is 4.79 Å². The van der Waals surface area contributed by atoms with Crippen LogP contribution in [-0.4, -0.2) is 19.5 Å². The minimum atomic E-state index is -0.833. The molecule has 0 amide bonds. The van der Waals surface area contributed by atoms with E-state index in [1.807, 2.05) is 0 Å². The van der Waals surface area contributed by atoms with Crippen LogP contribution < -0.4 is 18.9 Å². The van der Waals surface area contributed by atoms with Gasteiger partial charge in [0.25, 0.3) is 5.97 Å². The number of hydrogen-bond acceptors (Lipinski definition) is 1. The first kappa shape index (κ1) is 16.5. The van der Waals surface area contributed by atoms with Gasteiger partial charge in [-0.15, -0.1) is 0 Å². The van der Waals surface area contributed by atoms with Crippen LogP contribution in [-0.2, 0) is 4.79 Å². The smallest absolute Gasteiger partial charge is 0.481 e. The van der Waals surface area contributed by atoms with Crippen molar-refractivity contribution >= 4 is 14.4 Å². The summed E-state index contributed by atoms with van der Waals surface area (Å²) >= 11 is 0. The number of hydrogen-bond donors (Lipinski definition) is 1. The van der Waals surface area contributed by atoms with Crippen molar-refractivity contribution in [1.82, 2.24) is 0 Å². The number of rotatable bonds is 0. The molecule has 0 aliphatic rings. The molecule has 0 aliphatic heterocycles. The van der Waals surface area contributed by atoms with Crippen molar-refractivity contribution in [3.8, 4) is 0 Å². The van der Waals surface area contributed by atoms with Gasteiger partial charge in [-0.05, 0) is 0 Å². The van der Waals surface area contributed by atoms with Crippen LogP contribution in [0.5, 0.6) is 0 Å². The Morgan fingerprint density at radius 1 is 1.67 bits per heavy atom. The molecular formula is C2H8BLiO2. The SMILES string of the molecule is CC(=O)O.[BH4-].[Li+]. The molecule has 0 unspecified atom stereocenters. The van der Waals surface area contributed by atoms with Crippen LogP contribution in [0.25, 0.3) is 0 Å². The molecule has 0 aliphatic carbocycles. The molecule has 0 fully saturated rings. The van der Waals surface area contributed by atoms with E-state index in [1.54, 1.807) is 0 Å². The molecule has 0 aromatic carbocycles. The molecule has 0 heterocycles. The zero-order valence-electron chi connectivity index (χ0n) is 3.36. The minimum Gasteiger partial charge on any atom is -0.481 e. The van der Waals surface area contributed by atoms with Gasteiger partial charge in [0.05, 0.1) is 0 Å². The third kappa shape index (κ3) is 2320. The molecule has 0 aromatic heterocycles. The molecule has 4 heteroatoms. The normalized spacial score (nSPS) is 4.17. The van der Waals surface area contributed by atoms with Crippen LogP contribution in [0.15, 0.2) is 0 Å². The van der Waals surface area contributed by atoms with E-state index in [1.165, 1.54) is 0 Å². The molecule has 0 rings (SSSR count). The van der Waals surface area contributed by atoms with Gasteiger partial charge in [0, 0.05) is 6.92 Å². The van der Waals surface area contributed by atoms with E-state index in [2.05, 4.69) is 0 Å². The largest absolute Gasteiger partial charge is 1.00 e. The van der Waals surface area contributed by atoms with Gasteiger partial charge in [0.1, 0.15) is 0 Å². The third-order valence-electron chi connectivity index (χ3n) is 0. The van der Waals surface area contributed by atoms with Gasteiger partial charge in [0.15, 0.2) is 0 Å². The Hall–Kier alpha value is 0.132. The first-order valence-electron chi connectivity index (χ1n) is 0.928. The Balaban J connectivity index is -0.0000000450. The summed E-state index contributed by atoms with van der Waals surface area (Å²) < 4.78 is 0. The summed E-state index contributed by atoms with van der Waals surface area (Å²) in [7, 11) is 0. The molecule has 2 nitrogen and oxygen atoms in total. The first-order chi connectivity index (χ1) is 1.73. The van der Waals surface area contributed by atoms with Crippen LogP contribution in [0.1, 0.15) is 6.92 Å². The monoisotopic (exact) mass is 82.1 g/mol. The average Bonchev–Trinajstić information content (AvgIpc) is 0.811.